The number of aromatic hydroxyl groups is 2. The van der Waals surface area contributed by atoms with Gasteiger partial charge in [-0.15, -0.1) is 0 Å². The summed E-state index contributed by atoms with van der Waals surface area (Å²) in [5.41, 5.74) is -0.409. The summed E-state index contributed by atoms with van der Waals surface area (Å²) in [7, 11) is -2.34. The van der Waals surface area contributed by atoms with E-state index < -0.39 is 45.0 Å². The molecule has 1 aliphatic heterocycles. The molecule has 4 N–H and O–H groups in total. The van der Waals surface area contributed by atoms with Crippen LogP contribution in [0.2, 0.25) is 0 Å². The molecule has 2 amide bonds. The monoisotopic (exact) mass is 527 g/mol. The van der Waals surface area contributed by atoms with Crippen LogP contribution in [0.1, 0.15) is 39.3 Å². The predicted molar refractivity (Wildman–Crippen MR) is 131 cm³/mol. The van der Waals surface area contributed by atoms with E-state index in [4.69, 9.17) is 0 Å². The molecule has 3 heterocycles. The van der Waals surface area contributed by atoms with Gasteiger partial charge in [-0.2, -0.15) is 0 Å². The summed E-state index contributed by atoms with van der Waals surface area (Å²) in [4.78, 5) is 33.1. The second-order valence-corrected chi connectivity index (χ2v) is 9.87. The molecule has 2 aromatic heterocycles. The van der Waals surface area contributed by atoms with Crippen LogP contribution in [-0.4, -0.2) is 89.3 Å². The van der Waals surface area contributed by atoms with Gasteiger partial charge < -0.3 is 20.8 Å². The van der Waals surface area contributed by atoms with Crippen LogP contribution in [0.5, 0.6) is 11.6 Å². The zero-order chi connectivity index (χ0) is 25.3. The molecule has 3 aromatic rings. The molecule has 186 valence electrons. The molecule has 0 bridgehead atoms. The van der Waals surface area contributed by atoms with Crippen molar-refractivity contribution in [3.8, 4) is 11.6 Å². The van der Waals surface area contributed by atoms with E-state index >= 15 is 0 Å². The Morgan fingerprint density at radius 1 is 1.11 bits per heavy atom. The molecular weight excluding hydrogens is 504 g/mol. The number of nitrogens with zero attached hydrogens (tertiary/aromatic N) is 3. The number of carbonyl (C=O) groups is 2. The SMILES string of the molecule is CNC(=O)c1cc(F)ccc1CNC(=O)c1nc(N2CCCCS2(=O)=O)c2ccc(O)nc2c1O.[NaH]. The maximum atomic E-state index is 13.6. The molecule has 4 rings (SSSR count). The van der Waals surface area contributed by atoms with Crippen LogP contribution in [0.15, 0.2) is 30.3 Å². The number of hydrogen-bond donors (Lipinski definition) is 4. The third kappa shape index (κ3) is 5.38. The van der Waals surface area contributed by atoms with Gasteiger partial charge in [-0.3, -0.25) is 13.9 Å². The quantitative estimate of drug-likeness (QED) is 0.354. The van der Waals surface area contributed by atoms with Crippen LogP contribution in [0, 0.1) is 5.82 Å². The van der Waals surface area contributed by atoms with Gasteiger partial charge in [0.15, 0.2) is 17.3 Å². The Labute approximate surface area is 228 Å². The molecule has 1 fully saturated rings. The number of sulfonamides is 1. The van der Waals surface area contributed by atoms with Gasteiger partial charge in [-0.05, 0) is 36.6 Å². The topological polar surface area (TPSA) is 162 Å². The van der Waals surface area contributed by atoms with Gasteiger partial charge in [0, 0.05) is 37.2 Å². The Morgan fingerprint density at radius 2 is 1.86 bits per heavy atom. The van der Waals surface area contributed by atoms with Gasteiger partial charge >= 0.3 is 29.6 Å². The number of benzene rings is 1. The molecule has 1 aliphatic rings. The third-order valence-corrected chi connectivity index (χ3v) is 7.40. The molecule has 0 spiro atoms. The summed E-state index contributed by atoms with van der Waals surface area (Å²) >= 11 is 0. The van der Waals surface area contributed by atoms with Gasteiger partial charge in [-0.25, -0.2) is 22.8 Å². The van der Waals surface area contributed by atoms with Crippen molar-refractivity contribution in [3.63, 3.8) is 0 Å². The summed E-state index contributed by atoms with van der Waals surface area (Å²) in [5.74, 6) is -3.38. The number of nitrogens with one attached hydrogen (secondary N) is 2. The van der Waals surface area contributed by atoms with Crippen molar-refractivity contribution in [2.45, 2.75) is 19.4 Å². The first-order chi connectivity index (χ1) is 16.6. The first-order valence-electron chi connectivity index (χ1n) is 10.6. The number of anilines is 1. The van der Waals surface area contributed by atoms with Crippen molar-refractivity contribution >= 4 is 68.1 Å². The van der Waals surface area contributed by atoms with Crippen LogP contribution in [-0.2, 0) is 16.6 Å². The molecule has 14 heteroatoms. The molecule has 0 aliphatic carbocycles. The van der Waals surface area contributed by atoms with Crippen molar-refractivity contribution in [1.82, 2.24) is 20.6 Å². The van der Waals surface area contributed by atoms with Gasteiger partial charge in [0.05, 0.1) is 5.75 Å². The van der Waals surface area contributed by atoms with Gasteiger partial charge in [0.25, 0.3) is 11.8 Å². The second-order valence-electron chi connectivity index (χ2n) is 7.86. The number of carbonyl (C=O) groups excluding carboxylic acids is 2. The molecule has 0 radical (unpaired) electrons. The Balaban J connectivity index is 0.00000361. The normalized spacial score (nSPS) is 14.7. The standard InChI is InChI=1S/C22H22FN5O6S.Na.H/c1-24-21(31)15-10-13(23)5-4-12(15)11-25-22(32)18-19(30)17-14(6-7-16(29)26-17)20(27-18)28-8-2-3-9-35(28,33)34;;/h4-7,10,30H,2-3,8-9,11H2,1H3,(H,24,31)(H,25,32)(H,26,29);;. The van der Waals surface area contributed by atoms with E-state index in [1.807, 2.05) is 0 Å². The van der Waals surface area contributed by atoms with Crippen LogP contribution >= 0.6 is 0 Å². The zero-order valence-corrected chi connectivity index (χ0v) is 19.4. The fourth-order valence-electron chi connectivity index (χ4n) is 3.82. The Hall–Kier alpha value is -3.00. The van der Waals surface area contributed by atoms with Gasteiger partial charge in [-0.1, -0.05) is 6.07 Å². The average Bonchev–Trinajstić information content (AvgIpc) is 2.83. The minimum atomic E-state index is -3.72. The van der Waals surface area contributed by atoms with E-state index in [2.05, 4.69) is 20.6 Å². The minimum absolute atomic E-state index is 0. The van der Waals surface area contributed by atoms with Gasteiger partial charge in [0.2, 0.25) is 15.9 Å². The molecule has 0 atom stereocenters. The van der Waals surface area contributed by atoms with E-state index in [9.17, 15) is 32.6 Å². The summed E-state index contributed by atoms with van der Waals surface area (Å²) in [6, 6.07) is 6.07. The van der Waals surface area contributed by atoms with Crippen molar-refractivity contribution in [2.24, 2.45) is 0 Å². The van der Waals surface area contributed by atoms with Crippen LogP contribution in [0.3, 0.4) is 0 Å². The number of halogens is 1. The number of hydrogen-bond acceptors (Lipinski definition) is 8. The molecular formula is C22H23FN5NaO6S. The maximum absolute atomic E-state index is 13.6. The second kappa shape index (κ2) is 10.9. The van der Waals surface area contributed by atoms with E-state index in [1.54, 1.807) is 0 Å². The summed E-state index contributed by atoms with van der Waals surface area (Å²) in [6.45, 7) is -0.0892. The number of pyridine rings is 2. The van der Waals surface area contributed by atoms with E-state index in [0.717, 1.165) is 16.4 Å². The molecule has 11 nitrogen and oxygen atoms in total. The van der Waals surface area contributed by atoms with E-state index in [0.29, 0.717) is 18.4 Å². The fourth-order valence-corrected chi connectivity index (χ4v) is 5.42. The Bertz CT molecular complexity index is 1450. The van der Waals surface area contributed by atoms with Crippen LogP contribution in [0.25, 0.3) is 10.9 Å². The summed E-state index contributed by atoms with van der Waals surface area (Å²) in [5, 5.41) is 25.6. The number of rotatable bonds is 5. The van der Waals surface area contributed by atoms with Gasteiger partial charge in [0.1, 0.15) is 11.3 Å². The first-order valence-corrected chi connectivity index (χ1v) is 12.2. The number of fused-ring (bicyclic) bond motifs is 1. The zero-order valence-electron chi connectivity index (χ0n) is 18.6. The molecule has 0 unspecified atom stereocenters. The predicted octanol–water partition coefficient (Wildman–Crippen LogP) is 0.751. The van der Waals surface area contributed by atoms with Crippen molar-refractivity contribution in [3.05, 3.63) is 53.0 Å². The van der Waals surface area contributed by atoms with Crippen molar-refractivity contribution < 1.29 is 32.6 Å². The molecule has 36 heavy (non-hydrogen) atoms. The fraction of sp³-hybridized carbons (Fsp3) is 0.273. The Morgan fingerprint density at radius 3 is 2.56 bits per heavy atom. The molecule has 1 saturated heterocycles. The van der Waals surface area contributed by atoms with E-state index in [1.165, 1.54) is 25.2 Å². The molecule has 1 aromatic carbocycles. The summed E-state index contributed by atoms with van der Waals surface area (Å²) < 4.78 is 40.1. The third-order valence-electron chi connectivity index (χ3n) is 5.57. The molecule has 0 saturated carbocycles. The summed E-state index contributed by atoms with van der Waals surface area (Å²) in [6.07, 6.45) is 1.05. The van der Waals surface area contributed by atoms with Crippen molar-refractivity contribution in [2.75, 3.05) is 23.7 Å². The first kappa shape index (κ1) is 27.6. The number of amides is 2. The average molecular weight is 528 g/mol. The van der Waals surface area contributed by atoms with Crippen molar-refractivity contribution in [1.29, 1.82) is 0 Å². The number of aromatic nitrogens is 2. The Kier molecular flexibility index (Phi) is 8.39. The van der Waals surface area contributed by atoms with Crippen LogP contribution < -0.4 is 14.9 Å². The van der Waals surface area contributed by atoms with Crippen LogP contribution in [0.4, 0.5) is 10.2 Å². The van der Waals surface area contributed by atoms with E-state index in [-0.39, 0.29) is 70.7 Å².